The zero-order valence-corrected chi connectivity index (χ0v) is 12.1. The summed E-state index contributed by atoms with van der Waals surface area (Å²) in [5.41, 5.74) is -0.200. The van der Waals surface area contributed by atoms with Gasteiger partial charge in [-0.1, -0.05) is 0 Å². The van der Waals surface area contributed by atoms with Gasteiger partial charge in [0.2, 0.25) is 5.75 Å². The summed E-state index contributed by atoms with van der Waals surface area (Å²) in [6.07, 6.45) is 0. The lowest BCUT2D eigenvalue weighted by molar-refractivity contribution is -0.385. The second-order valence-electron chi connectivity index (χ2n) is 4.00. The van der Waals surface area contributed by atoms with Gasteiger partial charge in [-0.3, -0.25) is 14.9 Å². The van der Waals surface area contributed by atoms with Crippen LogP contribution in [-0.2, 0) is 9.53 Å². The van der Waals surface area contributed by atoms with Gasteiger partial charge in [0, 0.05) is 12.1 Å². The molecular formula is C13H18N2O6. The topological polar surface area (TPSA) is 99.9 Å². The smallest absolute Gasteiger partial charge is 0.326 e. The van der Waals surface area contributed by atoms with Crippen LogP contribution in [0.3, 0.4) is 0 Å². The fourth-order valence-corrected chi connectivity index (χ4v) is 1.57. The number of nitrogens with zero attached hydrogens (tertiary/aromatic N) is 1. The molecule has 21 heavy (non-hydrogen) atoms. The Morgan fingerprint density at radius 1 is 1.48 bits per heavy atom. The van der Waals surface area contributed by atoms with Crippen molar-refractivity contribution in [2.24, 2.45) is 0 Å². The number of hydrogen-bond donors (Lipinski definition) is 1. The maximum Gasteiger partial charge on any atom is 0.326 e. The Hall–Kier alpha value is -2.35. The van der Waals surface area contributed by atoms with E-state index in [-0.39, 0.29) is 24.7 Å². The van der Waals surface area contributed by atoms with Gasteiger partial charge in [-0.05, 0) is 20.0 Å². The number of hydrogen-bond acceptors (Lipinski definition) is 7. The molecule has 1 rings (SSSR count). The molecule has 1 N–H and O–H groups in total. The molecule has 0 aliphatic carbocycles. The van der Waals surface area contributed by atoms with Crippen LogP contribution in [0.15, 0.2) is 18.2 Å². The van der Waals surface area contributed by atoms with E-state index in [0.29, 0.717) is 5.75 Å². The van der Waals surface area contributed by atoms with Gasteiger partial charge in [0.1, 0.15) is 18.4 Å². The van der Waals surface area contributed by atoms with Crippen LogP contribution < -0.4 is 14.8 Å². The number of nitrogens with one attached hydrogen (secondary N) is 1. The van der Waals surface area contributed by atoms with Crippen molar-refractivity contribution in [3.63, 3.8) is 0 Å². The fourth-order valence-electron chi connectivity index (χ4n) is 1.57. The van der Waals surface area contributed by atoms with Gasteiger partial charge in [0.15, 0.2) is 0 Å². The van der Waals surface area contributed by atoms with E-state index in [2.05, 4.69) is 5.32 Å². The Kier molecular flexibility index (Phi) is 6.41. The molecule has 0 saturated carbocycles. The molecule has 0 aromatic heterocycles. The van der Waals surface area contributed by atoms with E-state index in [1.54, 1.807) is 14.0 Å². The number of methoxy groups -OCH3 is 1. The Balaban J connectivity index is 2.85. The molecule has 1 aromatic rings. The third kappa shape index (κ3) is 4.60. The van der Waals surface area contributed by atoms with E-state index < -0.39 is 16.9 Å². The second kappa shape index (κ2) is 8.05. The zero-order chi connectivity index (χ0) is 15.8. The molecule has 1 aromatic carbocycles. The summed E-state index contributed by atoms with van der Waals surface area (Å²) in [5, 5.41) is 13.7. The van der Waals surface area contributed by atoms with Crippen molar-refractivity contribution in [2.45, 2.75) is 13.0 Å². The van der Waals surface area contributed by atoms with Crippen molar-refractivity contribution in [3.8, 4) is 11.5 Å². The highest BCUT2D eigenvalue weighted by atomic mass is 16.6. The largest absolute Gasteiger partial charge is 0.497 e. The predicted molar refractivity (Wildman–Crippen MR) is 74.6 cm³/mol. The van der Waals surface area contributed by atoms with Crippen LogP contribution in [0.2, 0.25) is 0 Å². The summed E-state index contributed by atoms with van der Waals surface area (Å²) in [6.45, 7) is 1.85. The van der Waals surface area contributed by atoms with E-state index in [1.807, 2.05) is 0 Å². The normalized spacial score (nSPS) is 11.6. The maximum absolute atomic E-state index is 11.6. The fraction of sp³-hybridized carbons (Fsp3) is 0.462. The molecule has 0 spiro atoms. The second-order valence-corrected chi connectivity index (χ2v) is 4.00. The van der Waals surface area contributed by atoms with Gasteiger partial charge in [-0.15, -0.1) is 0 Å². The highest BCUT2D eigenvalue weighted by Gasteiger charge is 2.22. The first-order chi connectivity index (χ1) is 10.0. The first-order valence-corrected chi connectivity index (χ1v) is 6.32. The Morgan fingerprint density at radius 3 is 2.71 bits per heavy atom. The van der Waals surface area contributed by atoms with Crippen molar-refractivity contribution >= 4 is 11.7 Å². The molecular weight excluding hydrogens is 280 g/mol. The van der Waals surface area contributed by atoms with Gasteiger partial charge in [0.05, 0.1) is 18.6 Å². The molecule has 0 aliphatic heterocycles. The third-order valence-electron chi connectivity index (χ3n) is 2.69. The predicted octanol–water partition coefficient (Wildman–Crippen LogP) is 1.13. The van der Waals surface area contributed by atoms with Gasteiger partial charge in [-0.25, -0.2) is 0 Å². The molecule has 116 valence electrons. The molecule has 0 amide bonds. The highest BCUT2D eigenvalue weighted by molar-refractivity contribution is 5.76. The number of carbonyl (C=O) groups excluding carboxylic acids is 1. The van der Waals surface area contributed by atoms with E-state index in [4.69, 9.17) is 14.2 Å². The number of carbonyl (C=O) groups is 1. The van der Waals surface area contributed by atoms with Crippen molar-refractivity contribution in [1.29, 1.82) is 0 Å². The quantitative estimate of drug-likeness (QED) is 0.436. The molecule has 1 atom stereocenters. The Bertz CT molecular complexity index is 505. The van der Waals surface area contributed by atoms with Crippen LogP contribution in [-0.4, -0.2) is 44.3 Å². The molecule has 0 fully saturated rings. The molecule has 0 radical (unpaired) electrons. The Labute approximate surface area is 122 Å². The van der Waals surface area contributed by atoms with Crippen molar-refractivity contribution in [2.75, 3.05) is 27.4 Å². The lowest BCUT2D eigenvalue weighted by atomic mass is 10.2. The lowest BCUT2D eigenvalue weighted by Gasteiger charge is -2.15. The van der Waals surface area contributed by atoms with Gasteiger partial charge >= 0.3 is 11.7 Å². The molecule has 0 heterocycles. The number of ether oxygens (including phenoxy) is 3. The third-order valence-corrected chi connectivity index (χ3v) is 2.69. The van der Waals surface area contributed by atoms with Crippen LogP contribution in [0.1, 0.15) is 6.92 Å². The van der Waals surface area contributed by atoms with Crippen LogP contribution in [0.4, 0.5) is 5.69 Å². The zero-order valence-electron chi connectivity index (χ0n) is 12.1. The number of likely N-dealkylation sites (N-methyl/N-ethyl adjacent to an activating group) is 1. The van der Waals surface area contributed by atoms with Crippen molar-refractivity contribution in [3.05, 3.63) is 28.3 Å². The van der Waals surface area contributed by atoms with E-state index in [0.717, 1.165) is 0 Å². The van der Waals surface area contributed by atoms with Crippen LogP contribution in [0.25, 0.3) is 0 Å². The first kappa shape index (κ1) is 16.7. The number of rotatable bonds is 8. The molecule has 1 unspecified atom stereocenters. The summed E-state index contributed by atoms with van der Waals surface area (Å²) >= 11 is 0. The van der Waals surface area contributed by atoms with Crippen molar-refractivity contribution < 1.29 is 23.9 Å². The standard InChI is InChI=1S/C13H18N2O6/c1-4-20-13(16)10(14-2)8-21-12-7-9(19-3)5-6-11(12)15(17)18/h5-7,10,14H,4,8H2,1-3H3. The number of esters is 1. The minimum atomic E-state index is -0.712. The molecule has 0 saturated heterocycles. The van der Waals surface area contributed by atoms with Crippen LogP contribution >= 0.6 is 0 Å². The molecule has 8 heteroatoms. The minimum absolute atomic E-state index is 0.0314. The molecule has 8 nitrogen and oxygen atoms in total. The number of nitro benzene ring substituents is 1. The monoisotopic (exact) mass is 298 g/mol. The minimum Gasteiger partial charge on any atom is -0.497 e. The summed E-state index contributed by atoms with van der Waals surface area (Å²) in [5.74, 6) is -0.0257. The highest BCUT2D eigenvalue weighted by Crippen LogP contribution is 2.31. The SMILES string of the molecule is CCOC(=O)C(COc1cc(OC)ccc1[N+](=O)[O-])NC. The van der Waals surface area contributed by atoms with Crippen LogP contribution in [0.5, 0.6) is 11.5 Å². The Morgan fingerprint density at radius 2 is 2.19 bits per heavy atom. The average molecular weight is 298 g/mol. The van der Waals surface area contributed by atoms with E-state index in [1.165, 1.54) is 25.3 Å². The first-order valence-electron chi connectivity index (χ1n) is 6.32. The summed E-state index contributed by atoms with van der Waals surface area (Å²) in [6, 6.07) is 3.44. The summed E-state index contributed by atoms with van der Waals surface area (Å²) in [4.78, 5) is 22.0. The van der Waals surface area contributed by atoms with Crippen LogP contribution in [0, 0.1) is 10.1 Å². The summed E-state index contributed by atoms with van der Waals surface area (Å²) < 4.78 is 15.2. The van der Waals surface area contributed by atoms with E-state index >= 15 is 0 Å². The van der Waals surface area contributed by atoms with Gasteiger partial charge in [0.25, 0.3) is 0 Å². The summed E-state index contributed by atoms with van der Waals surface area (Å²) in [7, 11) is 3.02. The van der Waals surface area contributed by atoms with E-state index in [9.17, 15) is 14.9 Å². The van der Waals surface area contributed by atoms with Crippen molar-refractivity contribution in [1.82, 2.24) is 5.32 Å². The number of benzene rings is 1. The van der Waals surface area contributed by atoms with Gasteiger partial charge < -0.3 is 19.5 Å². The number of nitro groups is 1. The molecule has 0 aliphatic rings. The lowest BCUT2D eigenvalue weighted by Crippen LogP contribution is -2.40. The average Bonchev–Trinajstić information content (AvgIpc) is 2.47. The molecule has 0 bridgehead atoms. The maximum atomic E-state index is 11.6. The van der Waals surface area contributed by atoms with Gasteiger partial charge in [-0.2, -0.15) is 0 Å².